The molecule has 1 nitrogen and oxygen atoms in total. The summed E-state index contributed by atoms with van der Waals surface area (Å²) in [5.74, 6) is -0.296. The second-order valence-electron chi connectivity index (χ2n) is 2.89. The normalized spacial score (nSPS) is 10.4. The fourth-order valence-electron chi connectivity index (χ4n) is 1.34. The van der Waals surface area contributed by atoms with Crippen LogP contribution >= 0.6 is 11.3 Å². The number of rotatable bonds is 2. The maximum absolute atomic E-state index is 13.4. The van der Waals surface area contributed by atoms with E-state index in [-0.39, 0.29) is 5.82 Å². The van der Waals surface area contributed by atoms with Crippen molar-refractivity contribution in [2.45, 2.75) is 0 Å². The molecule has 1 aromatic carbocycles. The zero-order valence-electron chi connectivity index (χ0n) is 7.29. The minimum absolute atomic E-state index is 0.296. The Labute approximate surface area is 84.5 Å². The van der Waals surface area contributed by atoms with Crippen LogP contribution in [0.5, 0.6) is 0 Å². The third-order valence-corrected chi connectivity index (χ3v) is 3.07. The number of carbonyl (C=O) groups is 1. The molecule has 14 heavy (non-hydrogen) atoms. The van der Waals surface area contributed by atoms with E-state index in [1.54, 1.807) is 17.5 Å². The number of aldehydes is 1. The van der Waals surface area contributed by atoms with Gasteiger partial charge in [-0.3, -0.25) is 4.79 Å². The predicted molar refractivity (Wildman–Crippen MR) is 57.3 cm³/mol. The summed E-state index contributed by atoms with van der Waals surface area (Å²) in [5, 5.41) is 2.33. The Hall–Kier alpha value is -1.48. The van der Waals surface area contributed by atoms with E-state index in [1.807, 2.05) is 0 Å². The van der Waals surface area contributed by atoms with E-state index in [4.69, 9.17) is 0 Å². The molecule has 0 aliphatic heterocycles. The lowest BCUT2D eigenvalue weighted by molar-refractivity contribution is 0.112. The Morgan fingerprint density at radius 3 is 2.86 bits per heavy atom. The van der Waals surface area contributed by atoms with Crippen LogP contribution in [0.1, 0.15) is 15.9 Å². The SMILES string of the molecule is C=Cc1cc(F)c2scc(C=O)c2c1. The highest BCUT2D eigenvalue weighted by Gasteiger charge is 2.08. The van der Waals surface area contributed by atoms with Crippen LogP contribution in [0.2, 0.25) is 0 Å². The number of carbonyl (C=O) groups excluding carboxylic acids is 1. The molecule has 0 unspecified atom stereocenters. The summed E-state index contributed by atoms with van der Waals surface area (Å²) in [5.41, 5.74) is 1.23. The van der Waals surface area contributed by atoms with Gasteiger partial charge in [0.25, 0.3) is 0 Å². The van der Waals surface area contributed by atoms with Crippen LogP contribution < -0.4 is 0 Å². The van der Waals surface area contributed by atoms with Gasteiger partial charge in [0.1, 0.15) is 5.82 Å². The van der Waals surface area contributed by atoms with Crippen LogP contribution in [0.4, 0.5) is 4.39 Å². The fraction of sp³-hybridized carbons (Fsp3) is 0. The minimum atomic E-state index is -0.296. The molecule has 0 saturated carbocycles. The van der Waals surface area contributed by atoms with Crippen LogP contribution in [0.15, 0.2) is 24.1 Å². The smallest absolute Gasteiger partial charge is 0.151 e. The summed E-state index contributed by atoms with van der Waals surface area (Å²) >= 11 is 1.24. The lowest BCUT2D eigenvalue weighted by atomic mass is 10.1. The molecule has 0 atom stereocenters. The van der Waals surface area contributed by atoms with Gasteiger partial charge in [-0.15, -0.1) is 11.3 Å². The highest BCUT2D eigenvalue weighted by molar-refractivity contribution is 7.17. The largest absolute Gasteiger partial charge is 0.298 e. The molecule has 2 aromatic rings. The first-order valence-corrected chi connectivity index (χ1v) is 4.92. The van der Waals surface area contributed by atoms with E-state index in [9.17, 15) is 9.18 Å². The molecule has 0 N–H and O–H groups in total. The maximum Gasteiger partial charge on any atom is 0.151 e. The van der Waals surface area contributed by atoms with Crippen molar-refractivity contribution >= 4 is 33.8 Å². The van der Waals surface area contributed by atoms with Gasteiger partial charge in [-0.25, -0.2) is 4.39 Å². The first-order chi connectivity index (χ1) is 6.76. The fourth-order valence-corrected chi connectivity index (χ4v) is 2.25. The third kappa shape index (κ3) is 1.26. The topological polar surface area (TPSA) is 17.1 Å². The number of benzene rings is 1. The number of thiophene rings is 1. The summed E-state index contributed by atoms with van der Waals surface area (Å²) in [6, 6.07) is 3.19. The molecule has 3 heteroatoms. The van der Waals surface area contributed by atoms with Crippen LogP contribution in [0.3, 0.4) is 0 Å². The number of halogens is 1. The van der Waals surface area contributed by atoms with Crippen molar-refractivity contribution in [1.29, 1.82) is 0 Å². The third-order valence-electron chi connectivity index (χ3n) is 2.04. The van der Waals surface area contributed by atoms with Gasteiger partial charge in [-0.1, -0.05) is 12.7 Å². The molecular weight excluding hydrogens is 199 g/mol. The molecule has 0 amide bonds. The van der Waals surface area contributed by atoms with Crippen molar-refractivity contribution in [3.63, 3.8) is 0 Å². The lowest BCUT2D eigenvalue weighted by Crippen LogP contribution is -1.81. The molecule has 0 aliphatic rings. The summed E-state index contributed by atoms with van der Waals surface area (Å²) in [6.07, 6.45) is 2.31. The van der Waals surface area contributed by atoms with Crippen LogP contribution in [0, 0.1) is 5.82 Å². The molecule has 0 spiro atoms. The average Bonchev–Trinajstić information content (AvgIpc) is 2.61. The van der Waals surface area contributed by atoms with Crippen molar-refractivity contribution in [3.05, 3.63) is 41.0 Å². The van der Waals surface area contributed by atoms with Crippen LogP contribution in [0.25, 0.3) is 16.2 Å². The summed E-state index contributed by atoms with van der Waals surface area (Å²) in [7, 11) is 0. The highest BCUT2D eigenvalue weighted by atomic mass is 32.1. The molecule has 70 valence electrons. The molecule has 0 aliphatic carbocycles. The second-order valence-corrected chi connectivity index (χ2v) is 3.77. The van der Waals surface area contributed by atoms with Gasteiger partial charge >= 0.3 is 0 Å². The van der Waals surface area contributed by atoms with E-state index in [0.717, 1.165) is 6.29 Å². The monoisotopic (exact) mass is 206 g/mol. The van der Waals surface area contributed by atoms with E-state index in [0.29, 0.717) is 21.2 Å². The highest BCUT2D eigenvalue weighted by Crippen LogP contribution is 2.28. The van der Waals surface area contributed by atoms with Crippen molar-refractivity contribution < 1.29 is 9.18 Å². The molecule has 0 saturated heterocycles. The standard InChI is InChI=1S/C11H7FOS/c1-2-7-3-9-8(5-13)6-14-11(9)10(12)4-7/h2-6H,1H2. The lowest BCUT2D eigenvalue weighted by Gasteiger charge is -1.96. The molecule has 1 aromatic heterocycles. The Balaban J connectivity index is 2.86. The molecule has 0 bridgehead atoms. The van der Waals surface area contributed by atoms with Crippen molar-refractivity contribution in [2.75, 3.05) is 0 Å². The second kappa shape index (κ2) is 3.35. The van der Waals surface area contributed by atoms with Gasteiger partial charge in [0.15, 0.2) is 6.29 Å². The van der Waals surface area contributed by atoms with E-state index in [2.05, 4.69) is 6.58 Å². The average molecular weight is 206 g/mol. The summed E-state index contributed by atoms with van der Waals surface area (Å²) in [4.78, 5) is 10.7. The number of hydrogen-bond acceptors (Lipinski definition) is 2. The van der Waals surface area contributed by atoms with E-state index in [1.165, 1.54) is 17.4 Å². The molecule has 2 rings (SSSR count). The zero-order valence-corrected chi connectivity index (χ0v) is 8.10. The van der Waals surface area contributed by atoms with Gasteiger partial charge < -0.3 is 0 Å². The van der Waals surface area contributed by atoms with Gasteiger partial charge in [0, 0.05) is 16.3 Å². The van der Waals surface area contributed by atoms with Crippen LogP contribution in [-0.4, -0.2) is 6.29 Å². The van der Waals surface area contributed by atoms with Crippen LogP contribution in [-0.2, 0) is 0 Å². The van der Waals surface area contributed by atoms with Gasteiger partial charge in [-0.2, -0.15) is 0 Å². The first-order valence-electron chi connectivity index (χ1n) is 4.04. The number of fused-ring (bicyclic) bond motifs is 1. The minimum Gasteiger partial charge on any atom is -0.298 e. The Kier molecular flexibility index (Phi) is 2.17. The van der Waals surface area contributed by atoms with Crippen molar-refractivity contribution in [2.24, 2.45) is 0 Å². The van der Waals surface area contributed by atoms with Gasteiger partial charge in [0.2, 0.25) is 0 Å². The number of hydrogen-bond donors (Lipinski definition) is 0. The molecule has 0 fully saturated rings. The predicted octanol–water partition coefficient (Wildman–Crippen LogP) is 3.50. The quantitative estimate of drug-likeness (QED) is 0.687. The molecule has 0 radical (unpaired) electrons. The van der Waals surface area contributed by atoms with Crippen molar-refractivity contribution in [3.8, 4) is 0 Å². The first kappa shape index (κ1) is 9.09. The van der Waals surface area contributed by atoms with Gasteiger partial charge in [-0.05, 0) is 17.7 Å². The molecule has 1 heterocycles. The Morgan fingerprint density at radius 1 is 1.43 bits per heavy atom. The maximum atomic E-state index is 13.4. The summed E-state index contributed by atoms with van der Waals surface area (Å²) in [6.45, 7) is 3.57. The molecular formula is C11H7FOS. The van der Waals surface area contributed by atoms with E-state index < -0.39 is 0 Å². The zero-order chi connectivity index (χ0) is 10.1. The Morgan fingerprint density at radius 2 is 2.21 bits per heavy atom. The Bertz CT molecular complexity index is 513. The van der Waals surface area contributed by atoms with E-state index >= 15 is 0 Å². The summed E-state index contributed by atoms with van der Waals surface area (Å²) < 4.78 is 14.0. The van der Waals surface area contributed by atoms with Crippen molar-refractivity contribution in [1.82, 2.24) is 0 Å². The van der Waals surface area contributed by atoms with Gasteiger partial charge in [0.05, 0.1) is 4.70 Å².